The molecular weight excluding hydrogens is 360 g/mol. The minimum absolute atomic E-state index is 0.292. The fourth-order valence-corrected chi connectivity index (χ4v) is 3.37. The van der Waals surface area contributed by atoms with Crippen LogP contribution in [0.25, 0.3) is 11.4 Å². The summed E-state index contributed by atoms with van der Waals surface area (Å²) in [6, 6.07) is 11.2. The Morgan fingerprint density at radius 2 is 1.71 bits per heavy atom. The molecule has 1 aliphatic heterocycles. The van der Waals surface area contributed by atoms with Crippen LogP contribution in [0, 0.1) is 0 Å². The van der Waals surface area contributed by atoms with Crippen molar-refractivity contribution in [3.8, 4) is 11.4 Å². The van der Waals surface area contributed by atoms with E-state index in [-0.39, 0.29) is 11.2 Å². The summed E-state index contributed by atoms with van der Waals surface area (Å²) in [5.41, 5.74) is 0.318. The monoisotopic (exact) mass is 382 g/mol. The Balaban J connectivity index is 1.41. The normalized spacial score (nSPS) is 15.1. The smallest absolute Gasteiger partial charge is 0.332 e. The lowest BCUT2D eigenvalue weighted by atomic mass is 10.2. The molecular formula is C19H22N6O3. The topological polar surface area (TPSA) is 89.4 Å². The van der Waals surface area contributed by atoms with Gasteiger partial charge in [-0.05, 0) is 0 Å². The standard InChI is InChI=1S/C19H22N6O3/c1-22-16(12-17(26)23(2)19(22)27)25-10-8-24(9-11-25)13-15-20-18(21-28-15)14-6-4-3-5-7-14/h3-7,12H,8-11,13H2,1-2H3. The van der Waals surface area contributed by atoms with Gasteiger partial charge in [-0.2, -0.15) is 4.98 Å². The predicted octanol–water partition coefficient (Wildman–Crippen LogP) is 0.456. The molecule has 1 saturated heterocycles. The van der Waals surface area contributed by atoms with Gasteiger partial charge in [0.15, 0.2) is 0 Å². The largest absolute Gasteiger partial charge is 0.355 e. The summed E-state index contributed by atoms with van der Waals surface area (Å²) in [4.78, 5) is 32.9. The zero-order valence-corrected chi connectivity index (χ0v) is 15.9. The van der Waals surface area contributed by atoms with E-state index < -0.39 is 0 Å². The number of rotatable bonds is 4. The van der Waals surface area contributed by atoms with Crippen LogP contribution < -0.4 is 16.1 Å². The van der Waals surface area contributed by atoms with E-state index in [1.807, 2.05) is 30.3 Å². The highest BCUT2D eigenvalue weighted by molar-refractivity contribution is 5.53. The average Bonchev–Trinajstić information content (AvgIpc) is 3.19. The van der Waals surface area contributed by atoms with E-state index in [9.17, 15) is 9.59 Å². The Morgan fingerprint density at radius 1 is 1.00 bits per heavy atom. The molecule has 9 nitrogen and oxygen atoms in total. The Hall–Kier alpha value is -3.20. The van der Waals surface area contributed by atoms with Gasteiger partial charge in [-0.25, -0.2) is 4.79 Å². The third kappa shape index (κ3) is 3.48. The third-order valence-corrected chi connectivity index (χ3v) is 5.06. The van der Waals surface area contributed by atoms with Crippen molar-refractivity contribution in [1.29, 1.82) is 0 Å². The van der Waals surface area contributed by atoms with E-state index >= 15 is 0 Å². The first kappa shape index (κ1) is 18.2. The van der Waals surface area contributed by atoms with Crippen molar-refractivity contribution in [1.82, 2.24) is 24.2 Å². The molecule has 0 radical (unpaired) electrons. The molecule has 0 atom stereocenters. The number of aromatic nitrogens is 4. The van der Waals surface area contributed by atoms with Crippen LogP contribution in [0.5, 0.6) is 0 Å². The van der Waals surface area contributed by atoms with E-state index in [1.165, 1.54) is 17.7 Å². The fourth-order valence-electron chi connectivity index (χ4n) is 3.37. The van der Waals surface area contributed by atoms with Gasteiger partial charge >= 0.3 is 5.69 Å². The molecule has 1 aliphatic rings. The summed E-state index contributed by atoms with van der Waals surface area (Å²) in [6.07, 6.45) is 0. The van der Waals surface area contributed by atoms with Gasteiger partial charge in [0.25, 0.3) is 5.56 Å². The van der Waals surface area contributed by atoms with E-state index in [2.05, 4.69) is 19.9 Å². The first-order valence-corrected chi connectivity index (χ1v) is 9.15. The van der Waals surface area contributed by atoms with Crippen molar-refractivity contribution in [2.24, 2.45) is 14.1 Å². The highest BCUT2D eigenvalue weighted by Gasteiger charge is 2.22. The maximum atomic E-state index is 12.1. The molecule has 3 aromatic rings. The summed E-state index contributed by atoms with van der Waals surface area (Å²) < 4.78 is 8.02. The zero-order valence-electron chi connectivity index (χ0n) is 15.9. The molecule has 0 bridgehead atoms. The Bertz CT molecular complexity index is 1080. The van der Waals surface area contributed by atoms with E-state index in [0.717, 1.165) is 23.2 Å². The molecule has 0 N–H and O–H groups in total. The summed E-state index contributed by atoms with van der Waals surface area (Å²) in [5, 5.41) is 4.06. The molecule has 0 amide bonds. The third-order valence-electron chi connectivity index (χ3n) is 5.06. The quantitative estimate of drug-likeness (QED) is 0.647. The van der Waals surface area contributed by atoms with Gasteiger partial charge in [0.1, 0.15) is 5.82 Å². The molecule has 4 rings (SSSR count). The van der Waals surface area contributed by atoms with Crippen molar-refractivity contribution in [3.05, 3.63) is 63.1 Å². The zero-order chi connectivity index (χ0) is 19.7. The second-order valence-electron chi connectivity index (χ2n) is 6.88. The predicted molar refractivity (Wildman–Crippen MR) is 104 cm³/mol. The van der Waals surface area contributed by atoms with Crippen LogP contribution in [-0.4, -0.2) is 50.4 Å². The van der Waals surface area contributed by atoms with Crippen molar-refractivity contribution in [3.63, 3.8) is 0 Å². The molecule has 28 heavy (non-hydrogen) atoms. The number of nitrogens with zero attached hydrogens (tertiary/aromatic N) is 6. The van der Waals surface area contributed by atoms with Crippen molar-refractivity contribution in [2.45, 2.75) is 6.54 Å². The van der Waals surface area contributed by atoms with Crippen LogP contribution in [0.15, 0.2) is 50.5 Å². The van der Waals surface area contributed by atoms with Crippen LogP contribution in [0.4, 0.5) is 5.82 Å². The van der Waals surface area contributed by atoms with Gasteiger partial charge in [-0.15, -0.1) is 0 Å². The van der Waals surface area contributed by atoms with Gasteiger partial charge in [-0.1, -0.05) is 35.5 Å². The molecule has 0 aliphatic carbocycles. The highest BCUT2D eigenvalue weighted by Crippen LogP contribution is 2.17. The van der Waals surface area contributed by atoms with Crippen LogP contribution in [0.3, 0.4) is 0 Å². The molecule has 1 aromatic carbocycles. The average molecular weight is 382 g/mol. The summed E-state index contributed by atoms with van der Waals surface area (Å²) in [5.74, 6) is 1.81. The molecule has 3 heterocycles. The molecule has 9 heteroatoms. The molecule has 1 fully saturated rings. The van der Waals surface area contributed by atoms with E-state index in [1.54, 1.807) is 7.05 Å². The SMILES string of the molecule is Cn1c(N2CCN(Cc3nc(-c4ccccc4)no3)CC2)cc(=O)n(C)c1=O. The first-order chi connectivity index (χ1) is 13.5. The van der Waals surface area contributed by atoms with Gasteiger partial charge in [0.05, 0.1) is 6.54 Å². The maximum Gasteiger partial charge on any atom is 0.332 e. The molecule has 2 aromatic heterocycles. The van der Waals surface area contributed by atoms with Gasteiger partial charge in [-0.3, -0.25) is 18.8 Å². The highest BCUT2D eigenvalue weighted by atomic mass is 16.5. The van der Waals surface area contributed by atoms with E-state index in [0.29, 0.717) is 37.2 Å². The van der Waals surface area contributed by atoms with Crippen LogP contribution in [0.1, 0.15) is 5.89 Å². The first-order valence-electron chi connectivity index (χ1n) is 9.15. The van der Waals surface area contributed by atoms with E-state index in [4.69, 9.17) is 4.52 Å². The van der Waals surface area contributed by atoms with Crippen LogP contribution >= 0.6 is 0 Å². The van der Waals surface area contributed by atoms with Crippen LogP contribution in [-0.2, 0) is 20.6 Å². The minimum atomic E-state index is -0.316. The van der Waals surface area contributed by atoms with Crippen LogP contribution in [0.2, 0.25) is 0 Å². The summed E-state index contributed by atoms with van der Waals surface area (Å²) >= 11 is 0. The lowest BCUT2D eigenvalue weighted by molar-refractivity contribution is 0.214. The lowest BCUT2D eigenvalue weighted by Crippen LogP contribution is -2.49. The molecule has 0 spiro atoms. The number of benzene rings is 1. The Morgan fingerprint density at radius 3 is 2.43 bits per heavy atom. The fraction of sp³-hybridized carbons (Fsp3) is 0.368. The Kier molecular flexibility index (Phi) is 4.82. The Labute approximate surface area is 161 Å². The number of hydrogen-bond acceptors (Lipinski definition) is 7. The van der Waals surface area contributed by atoms with Crippen molar-refractivity contribution in [2.75, 3.05) is 31.1 Å². The molecule has 0 saturated carbocycles. The lowest BCUT2D eigenvalue weighted by Gasteiger charge is -2.35. The van der Waals surface area contributed by atoms with Crippen molar-refractivity contribution >= 4 is 5.82 Å². The van der Waals surface area contributed by atoms with Gasteiger partial charge in [0.2, 0.25) is 11.7 Å². The second-order valence-corrected chi connectivity index (χ2v) is 6.88. The molecule has 0 unspecified atom stereocenters. The van der Waals surface area contributed by atoms with Gasteiger partial charge < -0.3 is 9.42 Å². The minimum Gasteiger partial charge on any atom is -0.355 e. The second kappa shape index (κ2) is 7.43. The maximum absolute atomic E-state index is 12.1. The summed E-state index contributed by atoms with van der Waals surface area (Å²) in [6.45, 7) is 3.53. The van der Waals surface area contributed by atoms with Crippen molar-refractivity contribution < 1.29 is 4.52 Å². The number of anilines is 1. The number of piperazine rings is 1. The summed E-state index contributed by atoms with van der Waals surface area (Å²) in [7, 11) is 3.17. The molecule has 146 valence electrons. The number of hydrogen-bond donors (Lipinski definition) is 0. The van der Waals surface area contributed by atoms with Gasteiger partial charge in [0, 0.05) is 51.9 Å².